The van der Waals surface area contributed by atoms with Gasteiger partial charge in [0.05, 0.1) is 5.52 Å². The minimum Gasteiger partial charge on any atom is -0.372 e. The first-order valence-corrected chi connectivity index (χ1v) is 7.76. The summed E-state index contributed by atoms with van der Waals surface area (Å²) in [7, 11) is 0. The average Bonchev–Trinajstić information content (AvgIpc) is 2.83. The molecule has 0 radical (unpaired) electrons. The highest BCUT2D eigenvalue weighted by Gasteiger charge is 2.24. The lowest BCUT2D eigenvalue weighted by Gasteiger charge is -2.31. The Hall–Kier alpha value is -1.09. The lowest BCUT2D eigenvalue weighted by atomic mass is 9.83. The monoisotopic (exact) mass is 260 g/mol. The van der Waals surface area contributed by atoms with E-state index >= 15 is 0 Å². The first-order chi connectivity index (χ1) is 8.88. The predicted octanol–water partition coefficient (Wildman–Crippen LogP) is 4.68. The van der Waals surface area contributed by atoms with Crippen molar-refractivity contribution in [3.05, 3.63) is 24.3 Å². The van der Waals surface area contributed by atoms with Crippen LogP contribution in [-0.2, 0) is 0 Å². The highest BCUT2D eigenvalue weighted by Crippen LogP contribution is 2.33. The highest BCUT2D eigenvalue weighted by molar-refractivity contribution is 7.11. The molecular formula is C15H20N2S. The van der Waals surface area contributed by atoms with Gasteiger partial charge < -0.3 is 5.32 Å². The molecule has 1 fully saturated rings. The Balaban J connectivity index is 1.82. The molecule has 2 nitrogen and oxygen atoms in total. The van der Waals surface area contributed by atoms with Crippen molar-refractivity contribution in [3.63, 3.8) is 0 Å². The Bertz CT molecular complexity index is 520. The lowest BCUT2D eigenvalue weighted by molar-refractivity contribution is 0.318. The van der Waals surface area contributed by atoms with E-state index in [0.717, 1.165) is 11.4 Å². The Kier molecular flexibility index (Phi) is 3.50. The molecule has 2 unspecified atom stereocenters. The maximum absolute atomic E-state index is 4.51. The number of hydrogen-bond acceptors (Lipinski definition) is 3. The van der Waals surface area contributed by atoms with Gasteiger partial charge in [0.1, 0.15) is 5.00 Å². The van der Waals surface area contributed by atoms with Gasteiger partial charge in [-0.05, 0) is 42.4 Å². The third-order valence-electron chi connectivity index (χ3n) is 4.13. The molecule has 0 bridgehead atoms. The van der Waals surface area contributed by atoms with Gasteiger partial charge in [0.2, 0.25) is 0 Å². The fourth-order valence-electron chi connectivity index (χ4n) is 3.05. The zero-order valence-electron chi connectivity index (χ0n) is 10.9. The Morgan fingerprint density at radius 2 is 2.11 bits per heavy atom. The van der Waals surface area contributed by atoms with Crippen LogP contribution in [0.5, 0.6) is 0 Å². The van der Waals surface area contributed by atoms with Gasteiger partial charge >= 0.3 is 0 Å². The molecule has 1 aromatic carbocycles. The maximum Gasteiger partial charge on any atom is 0.117 e. The lowest BCUT2D eigenvalue weighted by Crippen LogP contribution is -2.31. The minimum atomic E-state index is 0.646. The van der Waals surface area contributed by atoms with E-state index in [0.29, 0.717) is 6.04 Å². The zero-order chi connectivity index (χ0) is 12.4. The van der Waals surface area contributed by atoms with E-state index in [1.54, 1.807) is 11.5 Å². The summed E-state index contributed by atoms with van der Waals surface area (Å²) in [5.41, 5.74) is 1.12. The summed E-state index contributed by atoms with van der Waals surface area (Å²) in [6.07, 6.45) is 6.75. The quantitative estimate of drug-likeness (QED) is 0.867. The Morgan fingerprint density at radius 1 is 1.28 bits per heavy atom. The van der Waals surface area contributed by atoms with E-state index in [1.165, 1.54) is 42.5 Å². The van der Waals surface area contributed by atoms with E-state index in [9.17, 15) is 0 Å². The molecule has 0 aliphatic heterocycles. The summed E-state index contributed by atoms with van der Waals surface area (Å²) in [5.74, 6) is 0.833. The summed E-state index contributed by atoms with van der Waals surface area (Å²) in [4.78, 5) is 0. The molecule has 1 aliphatic rings. The van der Waals surface area contributed by atoms with Crippen LogP contribution in [0.15, 0.2) is 24.3 Å². The highest BCUT2D eigenvalue weighted by atomic mass is 32.1. The van der Waals surface area contributed by atoms with Gasteiger partial charge in [0.25, 0.3) is 0 Å². The second kappa shape index (κ2) is 5.27. The fourth-order valence-corrected chi connectivity index (χ4v) is 3.87. The van der Waals surface area contributed by atoms with Crippen LogP contribution in [-0.4, -0.2) is 10.4 Å². The van der Waals surface area contributed by atoms with Crippen molar-refractivity contribution in [1.82, 2.24) is 4.37 Å². The second-order valence-corrected chi connectivity index (χ2v) is 6.01. The number of anilines is 1. The molecular weight excluding hydrogens is 240 g/mol. The fraction of sp³-hybridized carbons (Fsp3) is 0.533. The summed E-state index contributed by atoms with van der Waals surface area (Å²) in [6, 6.07) is 9.06. The van der Waals surface area contributed by atoms with Crippen molar-refractivity contribution in [3.8, 4) is 0 Å². The van der Waals surface area contributed by atoms with Crippen molar-refractivity contribution in [2.45, 2.75) is 45.1 Å². The third kappa shape index (κ3) is 2.24. The molecule has 3 heteroatoms. The van der Waals surface area contributed by atoms with E-state index in [-0.39, 0.29) is 0 Å². The number of hydrogen-bond donors (Lipinski definition) is 1. The third-order valence-corrected chi connectivity index (χ3v) is 4.94. The van der Waals surface area contributed by atoms with Crippen LogP contribution in [0.2, 0.25) is 0 Å². The topological polar surface area (TPSA) is 24.9 Å². The minimum absolute atomic E-state index is 0.646. The van der Waals surface area contributed by atoms with Crippen molar-refractivity contribution in [2.24, 2.45) is 5.92 Å². The maximum atomic E-state index is 4.51. The van der Waals surface area contributed by atoms with Crippen molar-refractivity contribution >= 4 is 27.4 Å². The van der Waals surface area contributed by atoms with Gasteiger partial charge in [-0.1, -0.05) is 38.3 Å². The second-order valence-electron chi connectivity index (χ2n) is 5.23. The van der Waals surface area contributed by atoms with Gasteiger partial charge in [-0.3, -0.25) is 0 Å². The molecule has 1 saturated carbocycles. The molecule has 1 aromatic heterocycles. The number of nitrogens with one attached hydrogen (secondary N) is 1. The number of benzene rings is 1. The molecule has 2 atom stereocenters. The number of fused-ring (bicyclic) bond motifs is 1. The van der Waals surface area contributed by atoms with Gasteiger partial charge in [-0.25, -0.2) is 0 Å². The van der Waals surface area contributed by atoms with Crippen molar-refractivity contribution in [2.75, 3.05) is 5.32 Å². The van der Waals surface area contributed by atoms with Gasteiger partial charge in [0, 0.05) is 11.4 Å². The molecule has 1 aliphatic carbocycles. The summed E-state index contributed by atoms with van der Waals surface area (Å²) in [6.45, 7) is 2.31. The number of rotatable bonds is 3. The Labute approximate surface area is 113 Å². The summed E-state index contributed by atoms with van der Waals surface area (Å²) < 4.78 is 4.51. The normalized spacial score (nSPS) is 24.3. The van der Waals surface area contributed by atoms with Crippen LogP contribution in [0.25, 0.3) is 10.9 Å². The number of aromatic nitrogens is 1. The smallest absolute Gasteiger partial charge is 0.117 e. The standard InChI is InChI=1S/C15H20N2S/c1-2-11-7-3-5-9-13(11)16-15-12-8-4-6-10-14(12)17-18-15/h4,6,8,10-11,13,16H,2-3,5,7,9H2,1H3. The summed E-state index contributed by atoms with van der Waals surface area (Å²) >= 11 is 1.61. The van der Waals surface area contributed by atoms with Gasteiger partial charge in [0.15, 0.2) is 0 Å². The SMILES string of the molecule is CCC1CCCCC1Nc1snc2ccccc12. The van der Waals surface area contributed by atoms with Crippen molar-refractivity contribution < 1.29 is 0 Å². The summed E-state index contributed by atoms with van der Waals surface area (Å²) in [5, 5.41) is 6.30. The van der Waals surface area contributed by atoms with Crippen LogP contribution in [0, 0.1) is 5.92 Å². The average molecular weight is 260 g/mol. The van der Waals surface area contributed by atoms with E-state index in [1.807, 2.05) is 0 Å². The molecule has 1 N–H and O–H groups in total. The first kappa shape index (κ1) is 12.0. The number of nitrogens with zero attached hydrogens (tertiary/aromatic N) is 1. The molecule has 1 heterocycles. The van der Waals surface area contributed by atoms with E-state index < -0.39 is 0 Å². The molecule has 18 heavy (non-hydrogen) atoms. The van der Waals surface area contributed by atoms with Crippen LogP contribution in [0.1, 0.15) is 39.0 Å². The molecule has 0 spiro atoms. The van der Waals surface area contributed by atoms with Crippen LogP contribution >= 0.6 is 11.5 Å². The predicted molar refractivity (Wildman–Crippen MR) is 79.3 cm³/mol. The van der Waals surface area contributed by atoms with Crippen LogP contribution in [0.3, 0.4) is 0 Å². The molecule has 0 amide bonds. The molecule has 96 valence electrons. The molecule has 2 aromatic rings. The van der Waals surface area contributed by atoms with Crippen molar-refractivity contribution in [1.29, 1.82) is 0 Å². The molecule has 3 rings (SSSR count). The zero-order valence-corrected chi connectivity index (χ0v) is 11.7. The van der Waals surface area contributed by atoms with Crippen LogP contribution < -0.4 is 5.32 Å². The first-order valence-electron chi connectivity index (χ1n) is 6.99. The Morgan fingerprint density at radius 3 is 3.00 bits per heavy atom. The van der Waals surface area contributed by atoms with E-state index in [2.05, 4.69) is 40.9 Å². The largest absolute Gasteiger partial charge is 0.372 e. The van der Waals surface area contributed by atoms with Gasteiger partial charge in [-0.15, -0.1) is 0 Å². The molecule has 0 saturated heterocycles. The van der Waals surface area contributed by atoms with Gasteiger partial charge in [-0.2, -0.15) is 4.37 Å². The van der Waals surface area contributed by atoms with Crippen LogP contribution in [0.4, 0.5) is 5.00 Å². The van der Waals surface area contributed by atoms with E-state index in [4.69, 9.17) is 0 Å².